The molecule has 2 heteroatoms. The second kappa shape index (κ2) is 31.9. The number of carbonyl (C=O) groups excluding carboxylic acids is 1. The Morgan fingerprint density at radius 1 is 0.561 bits per heavy atom. The van der Waals surface area contributed by atoms with Gasteiger partial charge < -0.3 is 5.32 Å². The van der Waals surface area contributed by atoms with Gasteiger partial charge in [0.1, 0.15) is 0 Å². The fraction of sp³-hybridized carbons (Fsp3) is 0.846. The molecule has 1 radical (unpaired) electrons. The maximum Gasteiger partial charge on any atom is 0.222 e. The highest BCUT2D eigenvalue weighted by atomic mass is 16.1. The van der Waals surface area contributed by atoms with Crippen LogP contribution in [0.3, 0.4) is 0 Å². The van der Waals surface area contributed by atoms with Gasteiger partial charge in [-0.1, -0.05) is 149 Å². The number of carbonyl (C=O) groups is 1. The number of nitrogens with one attached hydrogen (secondary N) is 1. The highest BCUT2D eigenvalue weighted by molar-refractivity contribution is 5.78. The molecule has 0 aliphatic carbocycles. The van der Waals surface area contributed by atoms with Crippen molar-refractivity contribution >= 4 is 5.91 Å². The molecule has 0 aliphatic rings. The van der Waals surface area contributed by atoms with Crippen LogP contribution >= 0.6 is 0 Å². The molecule has 0 aromatic carbocycles. The molecular formula is C39H74NO. The number of amides is 1. The van der Waals surface area contributed by atoms with Crippen LogP contribution in [0.15, 0.2) is 24.3 Å². The normalized spacial score (nSPS) is 12.9. The summed E-state index contributed by atoms with van der Waals surface area (Å²) in [6.07, 6.45) is 41.9. The van der Waals surface area contributed by atoms with Crippen molar-refractivity contribution in [3.05, 3.63) is 30.2 Å². The first-order valence-corrected chi connectivity index (χ1v) is 18.4. The Balaban J connectivity index is 3.62. The van der Waals surface area contributed by atoms with Crippen molar-refractivity contribution in [2.24, 2.45) is 11.8 Å². The predicted molar refractivity (Wildman–Crippen MR) is 185 cm³/mol. The van der Waals surface area contributed by atoms with Gasteiger partial charge in [0.2, 0.25) is 5.91 Å². The van der Waals surface area contributed by atoms with E-state index in [0.717, 1.165) is 25.3 Å². The molecule has 0 fully saturated rings. The van der Waals surface area contributed by atoms with Crippen molar-refractivity contribution in [2.45, 2.75) is 195 Å². The van der Waals surface area contributed by atoms with E-state index in [1.807, 2.05) is 0 Å². The van der Waals surface area contributed by atoms with E-state index in [1.54, 1.807) is 0 Å². The Labute approximate surface area is 259 Å². The number of allylic oxidation sites excluding steroid dienone is 4. The number of hydrogen-bond acceptors (Lipinski definition) is 1. The van der Waals surface area contributed by atoms with Crippen molar-refractivity contribution in [2.75, 3.05) is 6.54 Å². The monoisotopic (exact) mass is 573 g/mol. The predicted octanol–water partition coefficient (Wildman–Crippen LogP) is 12.9. The summed E-state index contributed by atoms with van der Waals surface area (Å²) in [6.45, 7) is 12.0. The zero-order valence-corrected chi connectivity index (χ0v) is 28.8. The van der Waals surface area contributed by atoms with Gasteiger partial charge in [-0.25, -0.2) is 0 Å². The lowest BCUT2D eigenvalue weighted by Crippen LogP contribution is -2.32. The lowest BCUT2D eigenvalue weighted by atomic mass is 9.97. The van der Waals surface area contributed by atoms with Crippen molar-refractivity contribution in [1.29, 1.82) is 0 Å². The lowest BCUT2D eigenvalue weighted by molar-refractivity contribution is -0.124. The Kier molecular flexibility index (Phi) is 31.1. The van der Waals surface area contributed by atoms with Crippen LogP contribution in [-0.2, 0) is 4.79 Å². The summed E-state index contributed by atoms with van der Waals surface area (Å²) in [6, 6.07) is 0. The Bertz CT molecular complexity index is 592. The van der Waals surface area contributed by atoms with Crippen LogP contribution in [-0.4, -0.2) is 12.5 Å². The minimum absolute atomic E-state index is 0.137. The summed E-state index contributed by atoms with van der Waals surface area (Å²) in [4.78, 5) is 12.6. The molecule has 0 heterocycles. The minimum atomic E-state index is 0.137. The third-order valence-electron chi connectivity index (χ3n) is 8.58. The maximum atomic E-state index is 12.6. The fourth-order valence-corrected chi connectivity index (χ4v) is 5.47. The molecule has 1 amide bonds. The quantitative estimate of drug-likeness (QED) is 0.0649. The fourth-order valence-electron chi connectivity index (χ4n) is 5.47. The average molecular weight is 573 g/mol. The largest absolute Gasteiger partial charge is 0.355 e. The van der Waals surface area contributed by atoms with Crippen LogP contribution in [0.5, 0.6) is 0 Å². The minimum Gasteiger partial charge on any atom is -0.355 e. The summed E-state index contributed by atoms with van der Waals surface area (Å²) < 4.78 is 0. The SMILES string of the molecule is CCCCCCCC/C=C\CCCCCC[C](CC)CNC(=O)C(C)CCCCCC/C=C\CCCCCC(C)C. The van der Waals surface area contributed by atoms with E-state index in [1.165, 1.54) is 154 Å². The Hall–Kier alpha value is -1.05. The highest BCUT2D eigenvalue weighted by Crippen LogP contribution is 2.18. The molecule has 241 valence electrons. The van der Waals surface area contributed by atoms with Crippen LogP contribution in [0.4, 0.5) is 0 Å². The van der Waals surface area contributed by atoms with Crippen LogP contribution in [0.2, 0.25) is 0 Å². The van der Waals surface area contributed by atoms with Gasteiger partial charge in [-0.15, -0.1) is 0 Å². The van der Waals surface area contributed by atoms with Crippen molar-refractivity contribution in [3.8, 4) is 0 Å². The summed E-state index contributed by atoms with van der Waals surface area (Å²) in [5.41, 5.74) is 0. The topological polar surface area (TPSA) is 29.1 Å². The number of unbranched alkanes of at least 4 members (excludes halogenated alkanes) is 17. The summed E-state index contributed by atoms with van der Waals surface area (Å²) in [5.74, 6) is 2.74. The lowest BCUT2D eigenvalue weighted by Gasteiger charge is -2.17. The standard InChI is InChI=1S/C39H74NO/c1-6-8-9-10-11-12-13-14-15-19-22-25-28-31-34-38(7-2)35-40-39(41)37(5)33-30-27-24-21-18-16-17-20-23-26-29-32-36(3)4/h14-17,36-37H,6-13,18-35H2,1-5H3,(H,40,41)/b15-14-,17-16-. The molecule has 0 saturated heterocycles. The second-order valence-electron chi connectivity index (χ2n) is 13.2. The van der Waals surface area contributed by atoms with E-state index in [4.69, 9.17) is 0 Å². The van der Waals surface area contributed by atoms with Gasteiger partial charge in [0.25, 0.3) is 0 Å². The molecular weight excluding hydrogens is 498 g/mol. The summed E-state index contributed by atoms with van der Waals surface area (Å²) in [5, 5.41) is 3.24. The van der Waals surface area contributed by atoms with E-state index in [9.17, 15) is 4.79 Å². The smallest absolute Gasteiger partial charge is 0.222 e. The van der Waals surface area contributed by atoms with Crippen molar-refractivity contribution < 1.29 is 4.79 Å². The number of rotatable bonds is 31. The van der Waals surface area contributed by atoms with Gasteiger partial charge in [-0.2, -0.15) is 0 Å². The van der Waals surface area contributed by atoms with Gasteiger partial charge >= 0.3 is 0 Å². The molecule has 0 saturated carbocycles. The molecule has 0 spiro atoms. The maximum absolute atomic E-state index is 12.6. The molecule has 1 unspecified atom stereocenters. The van der Waals surface area contributed by atoms with Crippen LogP contribution < -0.4 is 5.32 Å². The second-order valence-corrected chi connectivity index (χ2v) is 13.2. The zero-order valence-electron chi connectivity index (χ0n) is 28.8. The number of hydrogen-bond donors (Lipinski definition) is 1. The third-order valence-corrected chi connectivity index (χ3v) is 8.58. The molecule has 1 atom stereocenters. The summed E-state index contributed by atoms with van der Waals surface area (Å²) >= 11 is 0. The average Bonchev–Trinajstić information content (AvgIpc) is 2.96. The van der Waals surface area contributed by atoms with Crippen LogP contribution in [0.25, 0.3) is 0 Å². The first-order valence-electron chi connectivity index (χ1n) is 18.4. The van der Waals surface area contributed by atoms with E-state index in [-0.39, 0.29) is 11.8 Å². The molecule has 41 heavy (non-hydrogen) atoms. The first kappa shape index (κ1) is 40.0. The van der Waals surface area contributed by atoms with E-state index >= 15 is 0 Å². The summed E-state index contributed by atoms with van der Waals surface area (Å²) in [7, 11) is 0. The van der Waals surface area contributed by atoms with Gasteiger partial charge in [-0.05, 0) is 82.5 Å². The van der Waals surface area contributed by atoms with Gasteiger partial charge in [-0.3, -0.25) is 4.79 Å². The molecule has 0 aromatic heterocycles. The van der Waals surface area contributed by atoms with Crippen LogP contribution in [0, 0.1) is 17.8 Å². The molecule has 0 aliphatic heterocycles. The molecule has 0 rings (SSSR count). The highest BCUT2D eigenvalue weighted by Gasteiger charge is 2.14. The molecule has 2 nitrogen and oxygen atoms in total. The van der Waals surface area contributed by atoms with E-state index in [2.05, 4.69) is 64.2 Å². The Morgan fingerprint density at radius 3 is 1.51 bits per heavy atom. The first-order chi connectivity index (χ1) is 20.0. The molecule has 1 N–H and O–H groups in total. The van der Waals surface area contributed by atoms with Gasteiger partial charge in [0.05, 0.1) is 0 Å². The van der Waals surface area contributed by atoms with E-state index < -0.39 is 0 Å². The Morgan fingerprint density at radius 2 is 1.00 bits per heavy atom. The third kappa shape index (κ3) is 30.2. The molecule has 0 bridgehead atoms. The van der Waals surface area contributed by atoms with Crippen molar-refractivity contribution in [1.82, 2.24) is 5.32 Å². The van der Waals surface area contributed by atoms with Gasteiger partial charge in [0.15, 0.2) is 0 Å². The zero-order chi connectivity index (χ0) is 30.2. The molecule has 0 aromatic rings. The van der Waals surface area contributed by atoms with Crippen molar-refractivity contribution in [3.63, 3.8) is 0 Å². The van der Waals surface area contributed by atoms with Crippen LogP contribution in [0.1, 0.15) is 195 Å². The van der Waals surface area contributed by atoms with E-state index in [0.29, 0.717) is 0 Å². The van der Waals surface area contributed by atoms with Gasteiger partial charge in [0, 0.05) is 12.5 Å².